The maximum absolute atomic E-state index is 9.73. The third-order valence-electron chi connectivity index (χ3n) is 4.49. The predicted molar refractivity (Wildman–Crippen MR) is 85.8 cm³/mol. The topological polar surface area (TPSA) is 26.7 Å². The lowest BCUT2D eigenvalue weighted by molar-refractivity contribution is 0.0735. The van der Waals surface area contributed by atoms with Gasteiger partial charge in [-0.3, -0.25) is 4.90 Å². The molecule has 0 spiro atoms. The van der Waals surface area contributed by atoms with E-state index in [2.05, 4.69) is 54.7 Å². The SMILES string of the molecule is CCC(c1ccc(C)cc1)N1CCN(B(C)O)CC1C. The molecule has 2 rings (SSSR count). The molecule has 3 nitrogen and oxygen atoms in total. The molecular formula is C16H27BN2O. The zero-order valence-electron chi connectivity index (χ0n) is 13.2. The van der Waals surface area contributed by atoms with Crippen LogP contribution in [0.2, 0.25) is 6.82 Å². The Morgan fingerprint density at radius 1 is 1.30 bits per heavy atom. The van der Waals surface area contributed by atoms with Gasteiger partial charge in [0.25, 0.3) is 0 Å². The van der Waals surface area contributed by atoms with Crippen molar-refractivity contribution in [2.24, 2.45) is 0 Å². The van der Waals surface area contributed by atoms with Crippen molar-refractivity contribution in [3.05, 3.63) is 35.4 Å². The molecule has 1 N–H and O–H groups in total. The Morgan fingerprint density at radius 3 is 2.45 bits per heavy atom. The lowest BCUT2D eigenvalue weighted by Gasteiger charge is -2.44. The fourth-order valence-electron chi connectivity index (χ4n) is 3.25. The first-order valence-corrected chi connectivity index (χ1v) is 7.77. The fourth-order valence-corrected chi connectivity index (χ4v) is 3.25. The summed E-state index contributed by atoms with van der Waals surface area (Å²) < 4.78 is 0. The Balaban J connectivity index is 2.10. The molecule has 1 aliphatic rings. The average Bonchev–Trinajstić information content (AvgIpc) is 2.43. The van der Waals surface area contributed by atoms with E-state index in [9.17, 15) is 5.02 Å². The lowest BCUT2D eigenvalue weighted by atomic mass is 9.83. The first-order chi connectivity index (χ1) is 9.52. The van der Waals surface area contributed by atoms with Crippen LogP contribution >= 0.6 is 0 Å². The van der Waals surface area contributed by atoms with Gasteiger partial charge in [0.1, 0.15) is 0 Å². The second kappa shape index (κ2) is 6.75. The predicted octanol–water partition coefficient (Wildman–Crippen LogP) is 2.56. The van der Waals surface area contributed by atoms with Crippen molar-refractivity contribution in [2.75, 3.05) is 19.6 Å². The molecule has 0 radical (unpaired) electrons. The van der Waals surface area contributed by atoms with E-state index in [1.54, 1.807) is 0 Å². The molecule has 1 fully saturated rings. The highest BCUT2D eigenvalue weighted by Crippen LogP contribution is 2.28. The highest BCUT2D eigenvalue weighted by atomic mass is 16.2. The summed E-state index contributed by atoms with van der Waals surface area (Å²) in [6.07, 6.45) is 1.13. The van der Waals surface area contributed by atoms with Crippen LogP contribution in [-0.4, -0.2) is 47.5 Å². The van der Waals surface area contributed by atoms with E-state index < -0.39 is 0 Å². The number of hydrogen-bond acceptors (Lipinski definition) is 3. The number of aryl methyl sites for hydroxylation is 1. The summed E-state index contributed by atoms with van der Waals surface area (Å²) in [5.74, 6) is 0. The molecule has 1 aliphatic heterocycles. The zero-order valence-corrected chi connectivity index (χ0v) is 13.2. The van der Waals surface area contributed by atoms with Gasteiger partial charge in [0.2, 0.25) is 0 Å². The normalized spacial score (nSPS) is 22.8. The fraction of sp³-hybridized carbons (Fsp3) is 0.625. The largest absolute Gasteiger partial charge is 0.437 e. The highest BCUT2D eigenvalue weighted by Gasteiger charge is 2.31. The van der Waals surface area contributed by atoms with Crippen molar-refractivity contribution >= 4 is 7.05 Å². The van der Waals surface area contributed by atoms with Crippen molar-refractivity contribution in [3.63, 3.8) is 0 Å². The number of piperazine rings is 1. The molecule has 110 valence electrons. The third-order valence-corrected chi connectivity index (χ3v) is 4.49. The Hall–Kier alpha value is -0.835. The molecule has 2 unspecified atom stereocenters. The van der Waals surface area contributed by atoms with Crippen LogP contribution in [0.1, 0.15) is 37.4 Å². The molecule has 1 aromatic rings. The molecule has 2 atom stereocenters. The van der Waals surface area contributed by atoms with Gasteiger partial charge in [0.05, 0.1) is 0 Å². The minimum atomic E-state index is -0.334. The van der Waals surface area contributed by atoms with Crippen molar-refractivity contribution in [1.82, 2.24) is 9.71 Å². The van der Waals surface area contributed by atoms with Gasteiger partial charge in [-0.15, -0.1) is 0 Å². The smallest absolute Gasteiger partial charge is 0.376 e. The summed E-state index contributed by atoms with van der Waals surface area (Å²) in [6.45, 7) is 11.4. The lowest BCUT2D eigenvalue weighted by Crippen LogP contribution is -2.56. The molecule has 1 heterocycles. The third kappa shape index (κ3) is 3.43. The maximum Gasteiger partial charge on any atom is 0.376 e. The van der Waals surface area contributed by atoms with Crippen LogP contribution in [0.25, 0.3) is 0 Å². The summed E-state index contributed by atoms with van der Waals surface area (Å²) in [4.78, 5) is 4.74. The van der Waals surface area contributed by atoms with Crippen LogP contribution in [0.4, 0.5) is 0 Å². The molecule has 0 aliphatic carbocycles. The second-order valence-corrected chi connectivity index (χ2v) is 6.05. The van der Waals surface area contributed by atoms with Gasteiger partial charge >= 0.3 is 7.05 Å². The van der Waals surface area contributed by atoms with Gasteiger partial charge in [-0.05, 0) is 32.7 Å². The van der Waals surface area contributed by atoms with Crippen LogP contribution in [0.15, 0.2) is 24.3 Å². The Bertz CT molecular complexity index is 421. The number of benzene rings is 1. The molecule has 1 saturated heterocycles. The Kier molecular flexibility index (Phi) is 5.25. The summed E-state index contributed by atoms with van der Waals surface area (Å²) in [5.41, 5.74) is 2.73. The van der Waals surface area contributed by atoms with E-state index in [1.165, 1.54) is 11.1 Å². The second-order valence-electron chi connectivity index (χ2n) is 6.05. The van der Waals surface area contributed by atoms with E-state index in [-0.39, 0.29) is 7.05 Å². The van der Waals surface area contributed by atoms with Gasteiger partial charge in [-0.1, -0.05) is 36.8 Å². The molecule has 4 heteroatoms. The minimum absolute atomic E-state index is 0.334. The van der Waals surface area contributed by atoms with Gasteiger partial charge in [0, 0.05) is 31.7 Å². The first kappa shape index (κ1) is 15.6. The molecule has 0 amide bonds. The van der Waals surface area contributed by atoms with E-state index in [0.29, 0.717) is 12.1 Å². The summed E-state index contributed by atoms with van der Waals surface area (Å²) in [5, 5.41) is 9.73. The van der Waals surface area contributed by atoms with Gasteiger partial charge < -0.3 is 9.83 Å². The van der Waals surface area contributed by atoms with Crippen LogP contribution in [-0.2, 0) is 0 Å². The Labute approximate surface area is 123 Å². The molecular weight excluding hydrogens is 247 g/mol. The number of hydrogen-bond donors (Lipinski definition) is 1. The van der Waals surface area contributed by atoms with Gasteiger partial charge in [-0.25, -0.2) is 0 Å². The molecule has 0 saturated carbocycles. The quantitative estimate of drug-likeness (QED) is 0.855. The van der Waals surface area contributed by atoms with Gasteiger partial charge in [0.15, 0.2) is 0 Å². The van der Waals surface area contributed by atoms with E-state index in [0.717, 1.165) is 26.1 Å². The summed E-state index contributed by atoms with van der Waals surface area (Å²) in [6, 6.07) is 9.89. The zero-order chi connectivity index (χ0) is 14.7. The molecule has 1 aromatic carbocycles. The van der Waals surface area contributed by atoms with Crippen molar-refractivity contribution < 1.29 is 5.02 Å². The van der Waals surface area contributed by atoms with Crippen LogP contribution in [0, 0.1) is 6.92 Å². The first-order valence-electron chi connectivity index (χ1n) is 7.77. The maximum atomic E-state index is 9.73. The highest BCUT2D eigenvalue weighted by molar-refractivity contribution is 6.45. The van der Waals surface area contributed by atoms with E-state index in [4.69, 9.17) is 0 Å². The molecule has 0 bridgehead atoms. The van der Waals surface area contributed by atoms with Crippen molar-refractivity contribution in [2.45, 2.75) is 46.1 Å². The van der Waals surface area contributed by atoms with E-state index in [1.807, 2.05) is 6.82 Å². The summed E-state index contributed by atoms with van der Waals surface area (Å²) >= 11 is 0. The number of rotatable bonds is 4. The van der Waals surface area contributed by atoms with Gasteiger partial charge in [-0.2, -0.15) is 0 Å². The van der Waals surface area contributed by atoms with Crippen molar-refractivity contribution in [3.8, 4) is 0 Å². The average molecular weight is 274 g/mol. The minimum Gasteiger partial charge on any atom is -0.437 e. The van der Waals surface area contributed by atoms with E-state index >= 15 is 0 Å². The number of nitrogens with zero attached hydrogens (tertiary/aromatic N) is 2. The standard InChI is InChI=1S/C16H27BN2O/c1-5-16(15-8-6-13(2)7-9-15)19-11-10-18(17(4)20)12-14(19)3/h6-9,14,16,20H,5,10-12H2,1-4H3. The van der Waals surface area contributed by atoms with Crippen molar-refractivity contribution in [1.29, 1.82) is 0 Å². The van der Waals surface area contributed by atoms with Crippen LogP contribution in [0.5, 0.6) is 0 Å². The van der Waals surface area contributed by atoms with Crippen LogP contribution in [0.3, 0.4) is 0 Å². The monoisotopic (exact) mass is 274 g/mol. The molecule has 20 heavy (non-hydrogen) atoms. The Morgan fingerprint density at radius 2 is 1.95 bits per heavy atom. The van der Waals surface area contributed by atoms with Crippen LogP contribution < -0.4 is 0 Å². The summed E-state index contributed by atoms with van der Waals surface area (Å²) in [7, 11) is -0.334. The molecule has 0 aromatic heterocycles.